The van der Waals surface area contributed by atoms with E-state index >= 15 is 0 Å². The van der Waals surface area contributed by atoms with E-state index in [9.17, 15) is 9.90 Å². The number of carbonyl (C=O) groups is 1. The Morgan fingerprint density at radius 1 is 1.00 bits per heavy atom. The number of carboxylic acids is 1. The van der Waals surface area contributed by atoms with Gasteiger partial charge in [0.05, 0.1) is 25.4 Å². The molecule has 0 fully saturated rings. The molecule has 0 saturated carbocycles. The average molecular weight is 399 g/mol. The number of aromatic carboxylic acids is 1. The zero-order valence-electron chi connectivity index (χ0n) is 14.6. The smallest absolute Gasteiger partial charge is 0.335 e. The van der Waals surface area contributed by atoms with Gasteiger partial charge >= 0.3 is 5.97 Å². The van der Waals surface area contributed by atoms with E-state index in [1.165, 1.54) is 12.1 Å². The highest BCUT2D eigenvalue weighted by atomic mass is 35.5. The van der Waals surface area contributed by atoms with Gasteiger partial charge in [-0.25, -0.2) is 4.79 Å². The Bertz CT molecular complexity index is 777. The molecule has 0 aliphatic heterocycles. The molecule has 26 heavy (non-hydrogen) atoms. The monoisotopic (exact) mass is 398 g/mol. The summed E-state index contributed by atoms with van der Waals surface area (Å²) in [6, 6.07) is 8.12. The second-order valence-corrected chi connectivity index (χ2v) is 6.15. The highest BCUT2D eigenvalue weighted by Gasteiger charge is 2.18. The molecular formula is C19H20Cl2O5. The second-order valence-electron chi connectivity index (χ2n) is 5.31. The number of hydrogen-bond donors (Lipinski definition) is 1. The van der Waals surface area contributed by atoms with E-state index < -0.39 is 5.97 Å². The van der Waals surface area contributed by atoms with Crippen LogP contribution in [0.4, 0.5) is 0 Å². The van der Waals surface area contributed by atoms with Crippen molar-refractivity contribution in [2.24, 2.45) is 0 Å². The van der Waals surface area contributed by atoms with Crippen molar-refractivity contribution in [2.75, 3.05) is 19.8 Å². The Morgan fingerprint density at radius 2 is 1.65 bits per heavy atom. The van der Waals surface area contributed by atoms with Gasteiger partial charge in [-0.1, -0.05) is 29.3 Å². The molecule has 0 radical (unpaired) electrons. The van der Waals surface area contributed by atoms with E-state index in [1.807, 2.05) is 19.9 Å². The predicted octanol–water partition coefficient (Wildman–Crippen LogP) is 5.11. The van der Waals surface area contributed by atoms with Gasteiger partial charge in [0.25, 0.3) is 0 Å². The Kier molecular flexibility index (Phi) is 7.42. The van der Waals surface area contributed by atoms with Crippen LogP contribution >= 0.6 is 23.2 Å². The lowest BCUT2D eigenvalue weighted by atomic mass is 10.1. The van der Waals surface area contributed by atoms with Gasteiger partial charge in [0.2, 0.25) is 5.75 Å². The Hall–Kier alpha value is -2.11. The van der Waals surface area contributed by atoms with E-state index in [0.29, 0.717) is 46.9 Å². The van der Waals surface area contributed by atoms with E-state index in [0.717, 1.165) is 5.56 Å². The van der Waals surface area contributed by atoms with Gasteiger partial charge in [-0.3, -0.25) is 0 Å². The fourth-order valence-electron chi connectivity index (χ4n) is 2.35. The molecule has 2 aromatic rings. The van der Waals surface area contributed by atoms with Crippen LogP contribution < -0.4 is 14.2 Å². The van der Waals surface area contributed by atoms with E-state index in [-0.39, 0.29) is 12.2 Å². The largest absolute Gasteiger partial charge is 0.490 e. The zero-order valence-corrected chi connectivity index (χ0v) is 16.1. The van der Waals surface area contributed by atoms with Gasteiger partial charge in [-0.15, -0.1) is 0 Å². The normalized spacial score (nSPS) is 10.5. The summed E-state index contributed by atoms with van der Waals surface area (Å²) in [5, 5.41) is 10.4. The van der Waals surface area contributed by atoms with Crippen LogP contribution in [-0.4, -0.2) is 30.9 Å². The van der Waals surface area contributed by atoms with Crippen molar-refractivity contribution in [3.63, 3.8) is 0 Å². The Labute approximate surface area is 162 Å². The van der Waals surface area contributed by atoms with Crippen LogP contribution in [0.3, 0.4) is 0 Å². The quantitative estimate of drug-likeness (QED) is 0.635. The summed E-state index contributed by atoms with van der Waals surface area (Å²) < 4.78 is 16.9. The number of hydrogen-bond acceptors (Lipinski definition) is 4. The molecule has 1 N–H and O–H groups in total. The summed E-state index contributed by atoms with van der Waals surface area (Å²) in [5.41, 5.74) is 0.949. The maximum atomic E-state index is 11.4. The lowest BCUT2D eigenvalue weighted by molar-refractivity contribution is 0.0695. The van der Waals surface area contributed by atoms with Gasteiger partial charge < -0.3 is 19.3 Å². The highest BCUT2D eigenvalue weighted by Crippen LogP contribution is 2.39. The maximum Gasteiger partial charge on any atom is 0.335 e. The SMILES string of the molecule is CCOc1cc(C(=O)O)cc(OCCc2ccc(Cl)cc2Cl)c1OCC. The fourth-order valence-corrected chi connectivity index (χ4v) is 2.86. The molecule has 0 aliphatic carbocycles. The first kappa shape index (κ1) is 20.2. The molecule has 2 rings (SSSR count). The molecule has 0 amide bonds. The van der Waals surface area contributed by atoms with Crippen molar-refractivity contribution >= 4 is 29.2 Å². The topological polar surface area (TPSA) is 65.0 Å². The van der Waals surface area contributed by atoms with E-state index in [1.54, 1.807) is 12.1 Å². The Balaban J connectivity index is 2.23. The standard InChI is InChI=1S/C19H20Cl2O5/c1-3-24-16-9-13(19(22)23)10-17(18(16)25-4-2)26-8-7-12-5-6-14(20)11-15(12)21/h5-6,9-11H,3-4,7-8H2,1-2H3,(H,22,23). The third-order valence-corrected chi connectivity index (χ3v) is 4.09. The average Bonchev–Trinajstić information content (AvgIpc) is 2.59. The van der Waals surface area contributed by atoms with Crippen molar-refractivity contribution in [1.82, 2.24) is 0 Å². The second kappa shape index (κ2) is 9.55. The maximum absolute atomic E-state index is 11.4. The molecule has 0 atom stereocenters. The Morgan fingerprint density at radius 3 is 2.23 bits per heavy atom. The lowest BCUT2D eigenvalue weighted by Gasteiger charge is -2.17. The molecule has 0 unspecified atom stereocenters. The van der Waals surface area contributed by atoms with Crippen molar-refractivity contribution in [3.8, 4) is 17.2 Å². The molecule has 0 spiro atoms. The minimum absolute atomic E-state index is 0.0661. The van der Waals surface area contributed by atoms with Crippen LogP contribution in [0.5, 0.6) is 17.2 Å². The van der Waals surface area contributed by atoms with Gasteiger partial charge in [0.1, 0.15) is 0 Å². The summed E-state index contributed by atoms with van der Waals surface area (Å²) >= 11 is 12.1. The van der Waals surface area contributed by atoms with Crippen molar-refractivity contribution in [2.45, 2.75) is 20.3 Å². The third-order valence-electron chi connectivity index (χ3n) is 3.50. The van der Waals surface area contributed by atoms with Crippen LogP contribution in [0.2, 0.25) is 10.0 Å². The summed E-state index contributed by atoms with van der Waals surface area (Å²) in [5.74, 6) is -0.0183. The molecule has 140 valence electrons. The third kappa shape index (κ3) is 5.19. The molecule has 0 bridgehead atoms. The van der Waals surface area contributed by atoms with Crippen LogP contribution in [0.1, 0.15) is 29.8 Å². The predicted molar refractivity (Wildman–Crippen MR) is 101 cm³/mol. The molecule has 0 aromatic heterocycles. The molecule has 7 heteroatoms. The number of rotatable bonds is 9. The van der Waals surface area contributed by atoms with Crippen molar-refractivity contribution < 1.29 is 24.1 Å². The first-order valence-corrected chi connectivity index (χ1v) is 8.95. The van der Waals surface area contributed by atoms with E-state index in [4.69, 9.17) is 37.4 Å². The first-order valence-electron chi connectivity index (χ1n) is 8.19. The molecular weight excluding hydrogens is 379 g/mol. The highest BCUT2D eigenvalue weighted by molar-refractivity contribution is 6.35. The fraction of sp³-hybridized carbons (Fsp3) is 0.316. The molecule has 0 saturated heterocycles. The summed E-state index contributed by atoms with van der Waals surface area (Å²) in [6.07, 6.45) is 0.531. The first-order chi connectivity index (χ1) is 12.5. The van der Waals surface area contributed by atoms with Crippen LogP contribution in [-0.2, 0) is 6.42 Å². The van der Waals surface area contributed by atoms with Gasteiger partial charge in [-0.05, 0) is 43.7 Å². The van der Waals surface area contributed by atoms with Crippen LogP contribution in [0, 0.1) is 0 Å². The zero-order chi connectivity index (χ0) is 19.1. The van der Waals surface area contributed by atoms with Gasteiger partial charge in [-0.2, -0.15) is 0 Å². The number of halogens is 2. The number of carboxylic acid groups (broad SMARTS) is 1. The molecule has 2 aromatic carbocycles. The van der Waals surface area contributed by atoms with Crippen LogP contribution in [0.25, 0.3) is 0 Å². The molecule has 0 aliphatic rings. The van der Waals surface area contributed by atoms with Gasteiger partial charge in [0, 0.05) is 16.5 Å². The minimum atomic E-state index is -1.07. The van der Waals surface area contributed by atoms with Crippen LogP contribution in [0.15, 0.2) is 30.3 Å². The summed E-state index contributed by atoms with van der Waals surface area (Å²) in [4.78, 5) is 11.4. The lowest BCUT2D eigenvalue weighted by Crippen LogP contribution is -2.08. The van der Waals surface area contributed by atoms with E-state index in [2.05, 4.69) is 0 Å². The van der Waals surface area contributed by atoms with Crippen molar-refractivity contribution in [1.29, 1.82) is 0 Å². The van der Waals surface area contributed by atoms with Crippen molar-refractivity contribution in [3.05, 3.63) is 51.5 Å². The number of ether oxygens (including phenoxy) is 3. The molecule has 5 nitrogen and oxygen atoms in total. The summed E-state index contributed by atoms with van der Waals surface area (Å²) in [7, 11) is 0. The van der Waals surface area contributed by atoms with Gasteiger partial charge in [0.15, 0.2) is 11.5 Å². The minimum Gasteiger partial charge on any atom is -0.490 e. The summed E-state index contributed by atoms with van der Waals surface area (Å²) in [6.45, 7) is 4.70. The number of benzene rings is 2. The molecule has 0 heterocycles.